The molecular weight excluding hydrogens is 518 g/mol. The Bertz CT molecular complexity index is 1380. The van der Waals surface area contributed by atoms with E-state index in [2.05, 4.69) is 32.2 Å². The molecule has 1 amide bonds. The summed E-state index contributed by atoms with van der Waals surface area (Å²) in [5, 5.41) is 13.9. The number of hydrogen-bond donors (Lipinski definition) is 1. The van der Waals surface area contributed by atoms with Crippen molar-refractivity contribution in [2.24, 2.45) is 16.3 Å². The number of rotatable bonds is 8. The lowest BCUT2D eigenvalue weighted by Gasteiger charge is -2.33. The van der Waals surface area contributed by atoms with Crippen molar-refractivity contribution >= 4 is 45.7 Å². The van der Waals surface area contributed by atoms with Gasteiger partial charge < -0.3 is 14.8 Å². The third-order valence-corrected chi connectivity index (χ3v) is 8.05. The monoisotopic (exact) mass is 549 g/mol. The highest BCUT2D eigenvalue weighted by Crippen LogP contribution is 2.45. The minimum absolute atomic E-state index is 0.179. The van der Waals surface area contributed by atoms with Gasteiger partial charge in [-0.15, -0.1) is 11.3 Å². The second-order valence-electron chi connectivity index (χ2n) is 10.3. The fraction of sp³-hybridized carbons (Fsp3) is 0.367. The highest BCUT2D eigenvalue weighted by atomic mass is 35.5. The molecule has 1 heterocycles. The number of halogens is 1. The van der Waals surface area contributed by atoms with Crippen molar-refractivity contribution in [3.05, 3.63) is 69.1 Å². The quantitative estimate of drug-likeness (QED) is 0.293. The number of benzene rings is 2. The molecule has 1 aromatic heterocycles. The van der Waals surface area contributed by atoms with Crippen LogP contribution in [0.1, 0.15) is 55.7 Å². The van der Waals surface area contributed by atoms with Gasteiger partial charge in [-0.2, -0.15) is 5.26 Å². The molecule has 0 saturated heterocycles. The maximum atomic E-state index is 12.3. The molecule has 0 radical (unpaired) electrons. The van der Waals surface area contributed by atoms with Crippen molar-refractivity contribution in [3.63, 3.8) is 0 Å². The fourth-order valence-corrected chi connectivity index (χ4v) is 5.96. The highest BCUT2D eigenvalue weighted by Gasteiger charge is 2.32. The van der Waals surface area contributed by atoms with Gasteiger partial charge in [0.25, 0.3) is 5.91 Å². The summed E-state index contributed by atoms with van der Waals surface area (Å²) in [6.45, 7) is 9.01. The zero-order valence-corrected chi connectivity index (χ0v) is 23.7. The van der Waals surface area contributed by atoms with Crippen LogP contribution in [0.2, 0.25) is 5.02 Å². The second-order valence-corrected chi connectivity index (χ2v) is 11.9. The number of anilines is 1. The Hall–Kier alpha value is -3.34. The summed E-state index contributed by atoms with van der Waals surface area (Å²) >= 11 is 7.60. The number of hydrogen-bond acceptors (Lipinski definition) is 6. The number of nitriles is 1. The van der Waals surface area contributed by atoms with Crippen LogP contribution in [-0.4, -0.2) is 25.3 Å². The molecule has 1 atom stereocenters. The number of nitrogens with zero attached hydrogens (tertiary/aromatic N) is 2. The molecule has 6 nitrogen and oxygen atoms in total. The molecular formula is C30H32ClN3O3S. The number of thiophene rings is 1. The Morgan fingerprint density at radius 3 is 2.76 bits per heavy atom. The summed E-state index contributed by atoms with van der Waals surface area (Å²) in [5.74, 6) is 1.28. The lowest BCUT2D eigenvalue weighted by molar-refractivity contribution is -0.118. The van der Waals surface area contributed by atoms with Gasteiger partial charge in [0, 0.05) is 21.8 Å². The molecule has 0 fully saturated rings. The van der Waals surface area contributed by atoms with E-state index in [4.69, 9.17) is 26.1 Å². The number of ether oxygens (including phenoxy) is 2. The van der Waals surface area contributed by atoms with Crippen LogP contribution >= 0.6 is 22.9 Å². The Morgan fingerprint density at radius 1 is 1.24 bits per heavy atom. The number of carbonyl (C=O) groups is 1. The maximum absolute atomic E-state index is 12.3. The van der Waals surface area contributed by atoms with Gasteiger partial charge in [-0.05, 0) is 85.0 Å². The summed E-state index contributed by atoms with van der Waals surface area (Å²) in [7, 11) is 0. The average molecular weight is 550 g/mol. The van der Waals surface area contributed by atoms with Crippen molar-refractivity contribution in [1.29, 1.82) is 5.26 Å². The second kappa shape index (κ2) is 12.0. The fourth-order valence-electron chi connectivity index (χ4n) is 4.55. The third kappa shape index (κ3) is 6.75. The lowest BCUT2D eigenvalue weighted by atomic mass is 9.72. The Morgan fingerprint density at radius 2 is 2.05 bits per heavy atom. The molecule has 198 valence electrons. The van der Waals surface area contributed by atoms with Gasteiger partial charge >= 0.3 is 0 Å². The van der Waals surface area contributed by atoms with Gasteiger partial charge in [-0.1, -0.05) is 38.4 Å². The minimum atomic E-state index is -0.306. The molecule has 8 heteroatoms. The van der Waals surface area contributed by atoms with Gasteiger partial charge in [0.15, 0.2) is 18.1 Å². The summed E-state index contributed by atoms with van der Waals surface area (Å²) in [4.78, 5) is 18.3. The van der Waals surface area contributed by atoms with Crippen LogP contribution < -0.4 is 14.8 Å². The van der Waals surface area contributed by atoms with Gasteiger partial charge in [0.05, 0.1) is 12.2 Å². The molecule has 38 heavy (non-hydrogen) atoms. The Balaban J connectivity index is 1.47. The first kappa shape index (κ1) is 27.7. The van der Waals surface area contributed by atoms with E-state index < -0.39 is 0 Å². The molecule has 1 aliphatic rings. The van der Waals surface area contributed by atoms with Crippen LogP contribution in [0.5, 0.6) is 11.5 Å². The molecule has 1 N–H and O–H groups in total. The smallest absolute Gasteiger partial charge is 0.262 e. The van der Waals surface area contributed by atoms with Crippen LogP contribution in [0, 0.1) is 22.7 Å². The normalized spacial score (nSPS) is 15.1. The SMILES string of the molecule is CCOc1cc(C=Nc2sc3c(c2C#N)CC[C@@H](C(C)(C)C)C3)ccc1OCC(=O)Nc1cccc(Cl)c1. The number of amides is 1. The van der Waals surface area contributed by atoms with E-state index in [-0.39, 0.29) is 17.9 Å². The first-order valence-corrected chi connectivity index (χ1v) is 13.9. The summed E-state index contributed by atoms with van der Waals surface area (Å²) < 4.78 is 11.5. The van der Waals surface area contributed by atoms with Gasteiger partial charge in [-0.3, -0.25) is 4.79 Å². The molecule has 2 aromatic carbocycles. The lowest BCUT2D eigenvalue weighted by Crippen LogP contribution is -2.26. The van der Waals surface area contributed by atoms with Crippen molar-refractivity contribution in [2.45, 2.75) is 47.0 Å². The van der Waals surface area contributed by atoms with Crippen LogP contribution in [0.25, 0.3) is 0 Å². The maximum Gasteiger partial charge on any atom is 0.262 e. The number of nitrogens with one attached hydrogen (secondary N) is 1. The highest BCUT2D eigenvalue weighted by molar-refractivity contribution is 7.16. The summed E-state index contributed by atoms with van der Waals surface area (Å²) in [6, 6.07) is 14.8. The van der Waals surface area contributed by atoms with Crippen LogP contribution in [0.3, 0.4) is 0 Å². The van der Waals surface area contributed by atoms with Crippen LogP contribution in [-0.2, 0) is 17.6 Å². The molecule has 0 aliphatic heterocycles. The summed E-state index contributed by atoms with van der Waals surface area (Å²) in [6.07, 6.45) is 4.77. The average Bonchev–Trinajstić information content (AvgIpc) is 3.23. The predicted molar refractivity (Wildman–Crippen MR) is 154 cm³/mol. The van der Waals surface area contributed by atoms with Crippen LogP contribution in [0.4, 0.5) is 10.7 Å². The number of carbonyl (C=O) groups excluding carboxylic acids is 1. The van der Waals surface area contributed by atoms with Crippen molar-refractivity contribution < 1.29 is 14.3 Å². The zero-order chi connectivity index (χ0) is 27.3. The minimum Gasteiger partial charge on any atom is -0.490 e. The Labute approximate surface area is 233 Å². The van der Waals surface area contributed by atoms with E-state index in [0.717, 1.165) is 29.8 Å². The molecule has 4 rings (SSSR count). The van der Waals surface area contributed by atoms with Crippen molar-refractivity contribution in [1.82, 2.24) is 0 Å². The molecule has 0 bridgehead atoms. The standard InChI is InChI=1S/C30H32ClN3O3S/c1-5-36-26-13-19(9-12-25(26)37-18-28(35)34-22-8-6-7-21(31)15-22)17-33-29-24(16-32)23-11-10-20(30(2,3)4)14-27(23)38-29/h6-9,12-13,15,17,20H,5,10-11,14,18H2,1-4H3,(H,34,35)/t20-/m1/s1. The first-order valence-electron chi connectivity index (χ1n) is 12.7. The molecule has 3 aromatic rings. The van der Waals surface area contributed by atoms with Gasteiger partial charge in [0.1, 0.15) is 11.1 Å². The topological polar surface area (TPSA) is 83.7 Å². The van der Waals surface area contributed by atoms with Gasteiger partial charge in [-0.25, -0.2) is 4.99 Å². The van der Waals surface area contributed by atoms with Crippen molar-refractivity contribution in [2.75, 3.05) is 18.5 Å². The van der Waals surface area contributed by atoms with Crippen molar-refractivity contribution in [3.8, 4) is 17.6 Å². The molecule has 0 spiro atoms. The van der Waals surface area contributed by atoms with Gasteiger partial charge in [0.2, 0.25) is 0 Å². The van der Waals surface area contributed by atoms with E-state index in [0.29, 0.717) is 40.3 Å². The third-order valence-electron chi connectivity index (χ3n) is 6.65. The van der Waals surface area contributed by atoms with E-state index >= 15 is 0 Å². The molecule has 0 saturated carbocycles. The van der Waals surface area contributed by atoms with Crippen LogP contribution in [0.15, 0.2) is 47.5 Å². The first-order chi connectivity index (χ1) is 18.2. The summed E-state index contributed by atoms with van der Waals surface area (Å²) in [5.41, 5.74) is 3.52. The zero-order valence-electron chi connectivity index (χ0n) is 22.1. The largest absolute Gasteiger partial charge is 0.490 e. The van der Waals surface area contributed by atoms with E-state index in [1.54, 1.807) is 47.9 Å². The van der Waals surface area contributed by atoms with E-state index in [9.17, 15) is 10.1 Å². The molecule has 1 aliphatic carbocycles. The Kier molecular flexibility index (Phi) is 8.76. The number of aliphatic imine (C=N–C) groups is 1. The predicted octanol–water partition coefficient (Wildman–Crippen LogP) is 7.59. The van der Waals surface area contributed by atoms with E-state index in [1.165, 1.54) is 10.4 Å². The number of fused-ring (bicyclic) bond motifs is 1. The molecule has 0 unspecified atom stereocenters. The van der Waals surface area contributed by atoms with E-state index in [1.807, 2.05) is 19.1 Å².